The molecule has 0 saturated carbocycles. The zero-order chi connectivity index (χ0) is 24.7. The van der Waals surface area contributed by atoms with Gasteiger partial charge in [0.2, 0.25) is 11.7 Å². The van der Waals surface area contributed by atoms with Crippen molar-refractivity contribution in [3.63, 3.8) is 0 Å². The molecule has 2 aromatic carbocycles. The van der Waals surface area contributed by atoms with Crippen LogP contribution < -0.4 is 10.6 Å². The first kappa shape index (κ1) is 22.5. The molecule has 1 amide bonds. The average Bonchev–Trinajstić information content (AvgIpc) is 3.50. The van der Waals surface area contributed by atoms with Crippen LogP contribution in [-0.4, -0.2) is 56.9 Å². The van der Waals surface area contributed by atoms with Crippen molar-refractivity contribution in [2.24, 2.45) is 5.73 Å². The summed E-state index contributed by atoms with van der Waals surface area (Å²) in [5.74, 6) is -2.54. The smallest absolute Gasteiger partial charge is 0.373 e. The number of rotatable bonds is 6. The van der Waals surface area contributed by atoms with Crippen LogP contribution in [0.3, 0.4) is 0 Å². The fraction of sp³-hybridized carbons (Fsp3) is 0.174. The Balaban J connectivity index is 1.87. The molecule has 178 valence electrons. The van der Waals surface area contributed by atoms with E-state index in [4.69, 9.17) is 5.73 Å². The number of aromatic carboxylic acids is 1. The monoisotopic (exact) mass is 492 g/mol. The van der Waals surface area contributed by atoms with Gasteiger partial charge in [0.05, 0.1) is 4.90 Å². The molecule has 3 heterocycles. The maximum atomic E-state index is 13.6. The number of fused-ring (bicyclic) bond motifs is 1. The Morgan fingerprint density at radius 2 is 1.63 bits per heavy atom. The molecular weight excluding hydrogens is 472 g/mol. The summed E-state index contributed by atoms with van der Waals surface area (Å²) in [4.78, 5) is 39.0. The summed E-state index contributed by atoms with van der Waals surface area (Å²) < 4.78 is 27.8. The Morgan fingerprint density at radius 1 is 0.971 bits per heavy atom. The molecule has 0 bridgehead atoms. The van der Waals surface area contributed by atoms with Crippen molar-refractivity contribution in [1.82, 2.24) is 18.9 Å². The second-order valence-corrected chi connectivity index (χ2v) is 9.77. The van der Waals surface area contributed by atoms with E-state index in [2.05, 4.69) is 15.0 Å². The van der Waals surface area contributed by atoms with Gasteiger partial charge in [-0.3, -0.25) is 4.79 Å². The van der Waals surface area contributed by atoms with Crippen LogP contribution in [0, 0.1) is 0 Å². The molecule has 5 rings (SSSR count). The summed E-state index contributed by atoms with van der Waals surface area (Å²) in [5.41, 5.74) is 5.93. The standard InChI is InChI=1S/C23H20N6O5S/c24-18(30)16-12-7-13-28(16)20-17-21(27-19(26-20)14-8-3-1-4-9-14)29(22(25-17)23(31)32)35(33,34)15-10-5-2-6-11-15/h1-6,8-11,16H,7,12-13H2,(H2,24,30)(H,31,32)/t16-/m0/s1. The first-order valence-electron chi connectivity index (χ1n) is 10.7. The maximum absolute atomic E-state index is 13.6. The summed E-state index contributed by atoms with van der Waals surface area (Å²) in [6, 6.07) is 15.6. The second kappa shape index (κ2) is 8.47. The van der Waals surface area contributed by atoms with E-state index < -0.39 is 33.8 Å². The number of anilines is 1. The highest BCUT2D eigenvalue weighted by atomic mass is 32.2. The van der Waals surface area contributed by atoms with Gasteiger partial charge in [-0.15, -0.1) is 0 Å². The zero-order valence-corrected chi connectivity index (χ0v) is 19.1. The third-order valence-electron chi connectivity index (χ3n) is 5.81. The predicted molar refractivity (Wildman–Crippen MR) is 126 cm³/mol. The number of hydrogen-bond acceptors (Lipinski definition) is 8. The van der Waals surface area contributed by atoms with Crippen molar-refractivity contribution in [3.8, 4) is 11.4 Å². The van der Waals surface area contributed by atoms with Gasteiger partial charge < -0.3 is 15.7 Å². The second-order valence-electron chi connectivity index (χ2n) is 7.99. The topological polar surface area (TPSA) is 161 Å². The molecule has 1 aliphatic rings. The van der Waals surface area contributed by atoms with Crippen molar-refractivity contribution in [2.45, 2.75) is 23.8 Å². The van der Waals surface area contributed by atoms with E-state index in [-0.39, 0.29) is 27.7 Å². The van der Waals surface area contributed by atoms with E-state index in [9.17, 15) is 23.1 Å². The van der Waals surface area contributed by atoms with Crippen molar-refractivity contribution in [2.75, 3.05) is 11.4 Å². The maximum Gasteiger partial charge on any atom is 0.373 e. The number of hydrogen-bond donors (Lipinski definition) is 2. The number of carboxylic acids is 1. The normalized spacial score (nSPS) is 16.0. The Morgan fingerprint density at radius 3 is 2.26 bits per heavy atom. The SMILES string of the molecule is NC(=O)[C@@H]1CCCN1c1nc(-c2ccccc2)nc2c1nc(C(=O)O)n2S(=O)(=O)c1ccccc1. The van der Waals surface area contributed by atoms with Crippen LogP contribution in [0.2, 0.25) is 0 Å². The first-order chi connectivity index (χ1) is 16.8. The highest BCUT2D eigenvalue weighted by Crippen LogP contribution is 2.34. The van der Waals surface area contributed by atoms with Gasteiger partial charge >= 0.3 is 5.97 Å². The van der Waals surface area contributed by atoms with Gasteiger partial charge in [-0.05, 0) is 25.0 Å². The number of aromatic nitrogens is 4. The fourth-order valence-corrected chi connectivity index (χ4v) is 5.63. The lowest BCUT2D eigenvalue weighted by Gasteiger charge is -2.23. The third kappa shape index (κ3) is 3.77. The van der Waals surface area contributed by atoms with E-state index in [0.717, 1.165) is 0 Å². The lowest BCUT2D eigenvalue weighted by atomic mass is 10.2. The minimum atomic E-state index is -4.39. The number of nitrogens with two attached hydrogens (primary N) is 1. The molecule has 11 nitrogen and oxygen atoms in total. The van der Waals surface area contributed by atoms with Crippen LogP contribution in [0.25, 0.3) is 22.6 Å². The molecule has 0 spiro atoms. The molecule has 1 saturated heterocycles. The molecule has 0 unspecified atom stereocenters. The van der Waals surface area contributed by atoms with E-state index >= 15 is 0 Å². The Labute approximate surface area is 199 Å². The van der Waals surface area contributed by atoms with E-state index in [1.54, 1.807) is 41.3 Å². The molecule has 0 aliphatic carbocycles. The minimum Gasteiger partial charge on any atom is -0.475 e. The van der Waals surface area contributed by atoms with Crippen LogP contribution >= 0.6 is 0 Å². The van der Waals surface area contributed by atoms with Gasteiger partial charge in [0, 0.05) is 12.1 Å². The van der Waals surface area contributed by atoms with E-state index in [0.29, 0.717) is 28.9 Å². The quantitative estimate of drug-likeness (QED) is 0.409. The Kier molecular flexibility index (Phi) is 5.44. The highest BCUT2D eigenvalue weighted by molar-refractivity contribution is 7.90. The molecule has 1 atom stereocenters. The molecular formula is C23H20N6O5S. The number of primary amides is 1. The van der Waals surface area contributed by atoms with Crippen LogP contribution in [0.4, 0.5) is 5.82 Å². The molecule has 0 radical (unpaired) electrons. The van der Waals surface area contributed by atoms with E-state index in [1.165, 1.54) is 24.3 Å². The molecule has 1 fully saturated rings. The molecule has 2 aromatic heterocycles. The predicted octanol–water partition coefficient (Wildman–Crippen LogP) is 1.88. The van der Waals surface area contributed by atoms with Gasteiger partial charge in [-0.1, -0.05) is 48.5 Å². The number of carbonyl (C=O) groups excluding carboxylic acids is 1. The van der Waals surface area contributed by atoms with Crippen molar-refractivity contribution >= 4 is 38.9 Å². The molecule has 35 heavy (non-hydrogen) atoms. The average molecular weight is 493 g/mol. The molecule has 3 N–H and O–H groups in total. The Bertz CT molecular complexity index is 1550. The van der Waals surface area contributed by atoms with Crippen molar-refractivity contribution in [1.29, 1.82) is 0 Å². The highest BCUT2D eigenvalue weighted by Gasteiger charge is 2.36. The third-order valence-corrected chi connectivity index (χ3v) is 7.50. The van der Waals surface area contributed by atoms with Gasteiger partial charge in [0.15, 0.2) is 22.8 Å². The van der Waals surface area contributed by atoms with Gasteiger partial charge in [0.25, 0.3) is 10.0 Å². The van der Waals surface area contributed by atoms with Crippen LogP contribution in [0.1, 0.15) is 23.5 Å². The number of imidazole rings is 1. The summed E-state index contributed by atoms with van der Waals surface area (Å²) in [6.45, 7) is 0.411. The summed E-state index contributed by atoms with van der Waals surface area (Å²) in [6.07, 6.45) is 1.13. The molecule has 12 heteroatoms. The first-order valence-corrected chi connectivity index (χ1v) is 12.2. The van der Waals surface area contributed by atoms with Crippen molar-refractivity contribution in [3.05, 3.63) is 66.5 Å². The number of carbonyl (C=O) groups is 2. The van der Waals surface area contributed by atoms with Crippen LogP contribution in [0.15, 0.2) is 65.6 Å². The summed E-state index contributed by atoms with van der Waals surface area (Å²) in [5, 5.41) is 9.88. The lowest BCUT2D eigenvalue weighted by Crippen LogP contribution is -2.41. The van der Waals surface area contributed by atoms with Gasteiger partial charge in [0.1, 0.15) is 6.04 Å². The van der Waals surface area contributed by atoms with Gasteiger partial charge in [-0.2, -0.15) is 3.97 Å². The van der Waals surface area contributed by atoms with E-state index in [1.807, 2.05) is 0 Å². The number of carboxylic acid groups (broad SMARTS) is 1. The molecule has 1 aliphatic heterocycles. The van der Waals surface area contributed by atoms with Crippen LogP contribution in [0.5, 0.6) is 0 Å². The summed E-state index contributed by atoms with van der Waals surface area (Å²) in [7, 11) is -4.39. The molecule has 4 aromatic rings. The van der Waals surface area contributed by atoms with Gasteiger partial charge in [-0.25, -0.2) is 28.2 Å². The zero-order valence-electron chi connectivity index (χ0n) is 18.3. The van der Waals surface area contributed by atoms with Crippen molar-refractivity contribution < 1.29 is 23.1 Å². The number of amides is 1. The fourth-order valence-electron chi connectivity index (χ4n) is 4.22. The lowest BCUT2D eigenvalue weighted by molar-refractivity contribution is -0.119. The number of benzene rings is 2. The number of nitrogens with zero attached hydrogens (tertiary/aromatic N) is 5. The Hall–Kier alpha value is -4.32. The minimum absolute atomic E-state index is 0.0465. The largest absolute Gasteiger partial charge is 0.475 e. The van der Waals surface area contributed by atoms with Crippen LogP contribution in [-0.2, 0) is 14.8 Å². The summed E-state index contributed by atoms with van der Waals surface area (Å²) >= 11 is 0.